The molecule has 2 aromatic rings. The lowest BCUT2D eigenvalue weighted by atomic mass is 10.1. The van der Waals surface area contributed by atoms with Gasteiger partial charge in [0.1, 0.15) is 6.61 Å². The van der Waals surface area contributed by atoms with Gasteiger partial charge in [0.15, 0.2) is 5.75 Å². The molecule has 2 rings (SSSR count). The van der Waals surface area contributed by atoms with Crippen LogP contribution in [0, 0.1) is 0 Å². The van der Waals surface area contributed by atoms with Crippen LogP contribution in [0.2, 0.25) is 15.1 Å². The minimum absolute atomic E-state index is 0.0685. The van der Waals surface area contributed by atoms with Gasteiger partial charge >= 0.3 is 0 Å². The van der Waals surface area contributed by atoms with Crippen LogP contribution in [0.5, 0.6) is 5.75 Å². The molecule has 0 aliphatic carbocycles. The topological polar surface area (TPSA) is 21.3 Å². The third kappa shape index (κ3) is 4.52. The van der Waals surface area contributed by atoms with Gasteiger partial charge in [0.25, 0.3) is 0 Å². The minimum Gasteiger partial charge on any atom is -0.488 e. The molecule has 0 bridgehead atoms. The van der Waals surface area contributed by atoms with Crippen LogP contribution in [-0.4, -0.2) is 13.2 Å². The summed E-state index contributed by atoms with van der Waals surface area (Å²) < 4.78 is 5.81. The molecule has 2 nitrogen and oxygen atoms in total. The van der Waals surface area contributed by atoms with E-state index < -0.39 is 0 Å². The van der Waals surface area contributed by atoms with E-state index >= 15 is 0 Å². The lowest BCUT2D eigenvalue weighted by molar-refractivity contribution is 0.268. The Labute approximate surface area is 140 Å². The Morgan fingerprint density at radius 3 is 2.24 bits per heavy atom. The molecule has 0 saturated carbocycles. The number of hydrogen-bond donors (Lipinski definition) is 1. The highest BCUT2D eigenvalue weighted by atomic mass is 35.5. The summed E-state index contributed by atoms with van der Waals surface area (Å²) in [7, 11) is 0. The van der Waals surface area contributed by atoms with E-state index in [4.69, 9.17) is 39.5 Å². The molecule has 1 unspecified atom stereocenters. The number of ether oxygens (including phenoxy) is 1. The van der Waals surface area contributed by atoms with E-state index in [1.54, 1.807) is 12.1 Å². The molecule has 2 aromatic carbocycles. The summed E-state index contributed by atoms with van der Waals surface area (Å²) in [5, 5.41) is 4.70. The van der Waals surface area contributed by atoms with E-state index in [1.807, 2.05) is 18.2 Å². The first kappa shape index (κ1) is 16.4. The first-order chi connectivity index (χ1) is 10.1. The summed E-state index contributed by atoms with van der Waals surface area (Å²) in [6.07, 6.45) is 0. The van der Waals surface area contributed by atoms with Crippen LogP contribution in [-0.2, 0) is 0 Å². The lowest BCUT2D eigenvalue weighted by Crippen LogP contribution is -2.26. The van der Waals surface area contributed by atoms with E-state index in [0.717, 1.165) is 12.1 Å². The summed E-state index contributed by atoms with van der Waals surface area (Å²) in [4.78, 5) is 0. The van der Waals surface area contributed by atoms with Crippen molar-refractivity contribution in [3.8, 4) is 5.75 Å². The molecule has 0 radical (unpaired) electrons. The van der Waals surface area contributed by atoms with Crippen LogP contribution in [0.15, 0.2) is 42.5 Å². The van der Waals surface area contributed by atoms with Gasteiger partial charge in [-0.2, -0.15) is 0 Å². The van der Waals surface area contributed by atoms with Crippen LogP contribution in [0.3, 0.4) is 0 Å². The van der Waals surface area contributed by atoms with Crippen molar-refractivity contribution < 1.29 is 4.74 Å². The van der Waals surface area contributed by atoms with Crippen molar-refractivity contribution >= 4 is 34.8 Å². The average Bonchev–Trinajstić information content (AvgIpc) is 2.46. The molecule has 0 aliphatic rings. The largest absolute Gasteiger partial charge is 0.488 e. The minimum atomic E-state index is 0.0685. The molecule has 0 spiro atoms. The van der Waals surface area contributed by atoms with Crippen molar-refractivity contribution in [1.82, 2.24) is 5.32 Å². The maximum Gasteiger partial charge on any atom is 0.156 e. The monoisotopic (exact) mass is 343 g/mol. The van der Waals surface area contributed by atoms with Crippen LogP contribution in [0.4, 0.5) is 0 Å². The number of nitrogens with one attached hydrogen (secondary N) is 1. The van der Waals surface area contributed by atoms with Gasteiger partial charge in [-0.15, -0.1) is 0 Å². The zero-order valence-corrected chi connectivity index (χ0v) is 13.8. The van der Waals surface area contributed by atoms with Gasteiger partial charge < -0.3 is 10.1 Å². The molecular weight excluding hydrogens is 329 g/mol. The van der Waals surface area contributed by atoms with Gasteiger partial charge in [-0.1, -0.05) is 72.1 Å². The van der Waals surface area contributed by atoms with E-state index in [9.17, 15) is 0 Å². The van der Waals surface area contributed by atoms with Gasteiger partial charge in [-0.25, -0.2) is 0 Å². The second-order valence-corrected chi connectivity index (χ2v) is 5.78. The zero-order valence-electron chi connectivity index (χ0n) is 11.6. The van der Waals surface area contributed by atoms with Crippen LogP contribution >= 0.6 is 34.8 Å². The second-order valence-electron chi connectivity index (χ2n) is 4.53. The molecular formula is C16H16Cl3NO. The van der Waals surface area contributed by atoms with E-state index in [2.05, 4.69) is 24.4 Å². The van der Waals surface area contributed by atoms with Crippen molar-refractivity contribution in [2.75, 3.05) is 13.2 Å². The van der Waals surface area contributed by atoms with Gasteiger partial charge in [0.2, 0.25) is 0 Å². The third-order valence-corrected chi connectivity index (χ3v) is 3.79. The SMILES string of the molecule is CCNC(COc1c(Cl)cc(Cl)cc1Cl)c1ccccc1. The quantitative estimate of drug-likeness (QED) is 0.760. The van der Waals surface area contributed by atoms with Gasteiger partial charge in [-0.3, -0.25) is 0 Å². The fourth-order valence-electron chi connectivity index (χ4n) is 2.04. The Kier molecular flexibility index (Phi) is 6.19. The van der Waals surface area contributed by atoms with Crippen molar-refractivity contribution in [2.45, 2.75) is 13.0 Å². The molecule has 5 heteroatoms. The molecule has 0 heterocycles. The smallest absolute Gasteiger partial charge is 0.156 e. The number of hydrogen-bond acceptors (Lipinski definition) is 2. The molecule has 1 atom stereocenters. The van der Waals surface area contributed by atoms with Crippen molar-refractivity contribution in [1.29, 1.82) is 0 Å². The van der Waals surface area contributed by atoms with Crippen molar-refractivity contribution in [2.24, 2.45) is 0 Å². The third-order valence-electron chi connectivity index (χ3n) is 3.01. The molecule has 21 heavy (non-hydrogen) atoms. The normalized spacial score (nSPS) is 12.2. The summed E-state index contributed by atoms with van der Waals surface area (Å²) in [6.45, 7) is 3.32. The summed E-state index contributed by atoms with van der Waals surface area (Å²) >= 11 is 18.1. The number of benzene rings is 2. The maximum atomic E-state index is 6.13. The summed E-state index contributed by atoms with van der Waals surface area (Å²) in [5.74, 6) is 0.460. The highest BCUT2D eigenvalue weighted by Crippen LogP contribution is 2.36. The van der Waals surface area contributed by atoms with E-state index in [-0.39, 0.29) is 6.04 Å². The Morgan fingerprint density at radius 1 is 1.05 bits per heavy atom. The Morgan fingerprint density at radius 2 is 1.67 bits per heavy atom. The second kappa shape index (κ2) is 7.90. The first-order valence-electron chi connectivity index (χ1n) is 6.67. The molecule has 0 fully saturated rings. The molecule has 0 amide bonds. The maximum absolute atomic E-state index is 6.13. The van der Waals surface area contributed by atoms with Crippen LogP contribution in [0.25, 0.3) is 0 Å². The van der Waals surface area contributed by atoms with E-state index in [0.29, 0.717) is 27.4 Å². The molecule has 0 saturated heterocycles. The molecule has 0 aliphatic heterocycles. The highest BCUT2D eigenvalue weighted by molar-refractivity contribution is 6.40. The van der Waals surface area contributed by atoms with Crippen LogP contribution in [0.1, 0.15) is 18.5 Å². The fourth-order valence-corrected chi connectivity index (χ4v) is 2.96. The molecule has 112 valence electrons. The lowest BCUT2D eigenvalue weighted by Gasteiger charge is -2.20. The van der Waals surface area contributed by atoms with Crippen molar-refractivity contribution in [3.63, 3.8) is 0 Å². The van der Waals surface area contributed by atoms with Gasteiger partial charge in [0, 0.05) is 5.02 Å². The van der Waals surface area contributed by atoms with Crippen molar-refractivity contribution in [3.05, 3.63) is 63.1 Å². The standard InChI is InChI=1S/C16H16Cl3NO/c1-2-20-15(11-6-4-3-5-7-11)10-21-16-13(18)8-12(17)9-14(16)19/h3-9,15,20H,2,10H2,1H3. The molecule has 0 aromatic heterocycles. The summed E-state index contributed by atoms with van der Waals surface area (Å²) in [6, 6.07) is 13.4. The fraction of sp³-hybridized carbons (Fsp3) is 0.250. The predicted molar refractivity (Wildman–Crippen MR) is 89.8 cm³/mol. The molecule has 1 N–H and O–H groups in total. The Balaban J connectivity index is 2.13. The zero-order chi connectivity index (χ0) is 15.2. The number of rotatable bonds is 6. The average molecular weight is 345 g/mol. The highest BCUT2D eigenvalue weighted by Gasteiger charge is 2.14. The van der Waals surface area contributed by atoms with Gasteiger partial charge in [0.05, 0.1) is 16.1 Å². The van der Waals surface area contributed by atoms with Crippen LogP contribution < -0.4 is 10.1 Å². The predicted octanol–water partition coefficient (Wildman–Crippen LogP) is 5.38. The Bertz CT molecular complexity index is 566. The number of likely N-dealkylation sites (N-methyl/N-ethyl adjacent to an activating group) is 1. The van der Waals surface area contributed by atoms with E-state index in [1.165, 1.54) is 0 Å². The summed E-state index contributed by atoms with van der Waals surface area (Å²) in [5.41, 5.74) is 1.15. The van der Waals surface area contributed by atoms with Gasteiger partial charge in [-0.05, 0) is 24.2 Å². The number of halogens is 3. The first-order valence-corrected chi connectivity index (χ1v) is 7.81. The Hall–Kier alpha value is -0.930.